The minimum Gasteiger partial charge on any atom is -0.426 e. The number of furan rings is 1. The summed E-state index contributed by atoms with van der Waals surface area (Å²) in [5, 5.41) is 6.49. The number of halogens is 1. The monoisotopic (exact) mass is 316 g/mol. The van der Waals surface area contributed by atoms with Crippen LogP contribution in [0.4, 0.5) is 4.39 Å². The molecule has 120 valence electrons. The van der Waals surface area contributed by atoms with E-state index < -0.39 is 0 Å². The Kier molecular flexibility index (Phi) is 3.53. The van der Waals surface area contributed by atoms with E-state index in [1.165, 1.54) is 30.7 Å². The second-order valence-electron chi connectivity index (χ2n) is 6.04. The number of benzene rings is 1. The molecule has 2 aromatic rings. The van der Waals surface area contributed by atoms with Gasteiger partial charge in [-0.2, -0.15) is 0 Å². The fourth-order valence-corrected chi connectivity index (χ4v) is 3.34. The third-order valence-electron chi connectivity index (χ3n) is 4.45. The van der Waals surface area contributed by atoms with Gasteiger partial charge in [0.1, 0.15) is 11.6 Å². The summed E-state index contributed by atoms with van der Waals surface area (Å²) in [4.78, 5) is 12.2. The van der Waals surface area contributed by atoms with Crippen LogP contribution in [-0.2, 0) is 0 Å². The molecule has 0 radical (unpaired) electrons. The number of carbonyl (C=O) groups is 1. The molecule has 2 N–H and O–H groups in total. The zero-order valence-electron chi connectivity index (χ0n) is 12.4. The lowest BCUT2D eigenvalue weighted by atomic mass is 9.95. The van der Waals surface area contributed by atoms with E-state index in [1.807, 2.05) is 0 Å². The molecule has 1 aromatic heterocycles. The highest BCUT2D eigenvalue weighted by Gasteiger charge is 2.39. The fourth-order valence-electron chi connectivity index (χ4n) is 3.34. The zero-order valence-corrected chi connectivity index (χ0v) is 12.4. The number of carbonyl (C=O) groups excluding carboxylic acids is 1. The lowest BCUT2D eigenvalue weighted by molar-refractivity contribution is 0.0898. The van der Waals surface area contributed by atoms with E-state index in [4.69, 9.17) is 9.15 Å². The Bertz CT molecular complexity index is 713. The van der Waals surface area contributed by atoms with E-state index in [0.717, 1.165) is 12.8 Å². The Labute approximate surface area is 132 Å². The molecule has 23 heavy (non-hydrogen) atoms. The van der Waals surface area contributed by atoms with Gasteiger partial charge in [-0.3, -0.25) is 4.79 Å². The third-order valence-corrected chi connectivity index (χ3v) is 4.45. The number of nitrogens with one attached hydrogen (secondary N) is 2. The third kappa shape index (κ3) is 2.94. The summed E-state index contributed by atoms with van der Waals surface area (Å²) in [6, 6.07) is 9.81. The van der Waals surface area contributed by atoms with E-state index in [0.29, 0.717) is 17.8 Å². The Morgan fingerprint density at radius 2 is 2.04 bits per heavy atom. The number of hydrogen-bond donors (Lipinski definition) is 2. The fraction of sp³-hybridized carbons (Fsp3) is 0.353. The highest BCUT2D eigenvalue weighted by atomic mass is 19.1. The molecule has 2 aliphatic heterocycles. The summed E-state index contributed by atoms with van der Waals surface area (Å²) in [5.41, 5.74) is 0. The summed E-state index contributed by atoms with van der Waals surface area (Å²) >= 11 is 0. The lowest BCUT2D eigenvalue weighted by Crippen LogP contribution is -2.42. The maximum Gasteiger partial charge on any atom is 0.290 e. The van der Waals surface area contributed by atoms with Crippen LogP contribution in [0.3, 0.4) is 0 Å². The van der Waals surface area contributed by atoms with Crippen LogP contribution in [0.5, 0.6) is 11.7 Å². The highest BCUT2D eigenvalue weighted by Crippen LogP contribution is 2.29. The van der Waals surface area contributed by atoms with Gasteiger partial charge >= 0.3 is 0 Å². The maximum atomic E-state index is 12.9. The molecule has 4 rings (SSSR count). The average Bonchev–Trinajstić information content (AvgIpc) is 3.26. The van der Waals surface area contributed by atoms with E-state index in [9.17, 15) is 9.18 Å². The molecule has 0 aliphatic carbocycles. The Hall–Kier alpha value is -2.34. The van der Waals surface area contributed by atoms with Gasteiger partial charge in [-0.25, -0.2) is 4.39 Å². The van der Waals surface area contributed by atoms with Gasteiger partial charge in [0.05, 0.1) is 0 Å². The lowest BCUT2D eigenvalue weighted by Gasteiger charge is -2.20. The van der Waals surface area contributed by atoms with Crippen molar-refractivity contribution in [1.82, 2.24) is 10.6 Å². The second-order valence-corrected chi connectivity index (χ2v) is 6.04. The van der Waals surface area contributed by atoms with Gasteiger partial charge in [0.25, 0.3) is 11.9 Å². The standard InChI is InChI=1S/C17H17FN2O3/c18-10-1-4-12(5-2-10)22-16-8-7-15(23-16)17(21)20-14-9-11-3-6-13(14)19-11/h1-2,4-5,7-8,11,13-14,19H,3,6,9H2,(H,20,21)/t11-,13+,14-/m1/s1. The molecule has 0 saturated carbocycles. The number of hydrogen-bond acceptors (Lipinski definition) is 4. The van der Waals surface area contributed by atoms with Gasteiger partial charge in [-0.05, 0) is 49.6 Å². The number of fused-ring (bicyclic) bond motifs is 2. The Morgan fingerprint density at radius 3 is 2.74 bits per heavy atom. The van der Waals surface area contributed by atoms with Crippen LogP contribution in [-0.4, -0.2) is 24.0 Å². The van der Waals surface area contributed by atoms with Gasteiger partial charge in [-0.15, -0.1) is 0 Å². The molecule has 2 bridgehead atoms. The summed E-state index contributed by atoms with van der Waals surface area (Å²) < 4.78 is 23.7. The van der Waals surface area contributed by atoms with Crippen LogP contribution in [0.1, 0.15) is 29.8 Å². The predicted octanol–water partition coefficient (Wildman–Crippen LogP) is 2.83. The SMILES string of the molecule is O=C(N[C@@H]1C[C@H]2CC[C@@H]1N2)c1ccc(Oc2ccc(F)cc2)o1. The van der Waals surface area contributed by atoms with Crippen molar-refractivity contribution in [3.63, 3.8) is 0 Å². The first-order valence-corrected chi connectivity index (χ1v) is 7.77. The number of amides is 1. The van der Waals surface area contributed by atoms with Crippen LogP contribution in [0.15, 0.2) is 40.8 Å². The predicted molar refractivity (Wildman–Crippen MR) is 81.0 cm³/mol. The van der Waals surface area contributed by atoms with E-state index in [1.54, 1.807) is 12.1 Å². The van der Waals surface area contributed by atoms with E-state index in [-0.39, 0.29) is 29.5 Å². The van der Waals surface area contributed by atoms with Crippen molar-refractivity contribution in [3.8, 4) is 11.7 Å². The number of rotatable bonds is 4. The normalized spacial score (nSPS) is 25.5. The van der Waals surface area contributed by atoms with Crippen molar-refractivity contribution >= 4 is 5.91 Å². The van der Waals surface area contributed by atoms with Gasteiger partial charge in [0.2, 0.25) is 0 Å². The first-order valence-electron chi connectivity index (χ1n) is 7.77. The molecule has 1 amide bonds. The topological polar surface area (TPSA) is 63.5 Å². The minimum absolute atomic E-state index is 0.160. The molecule has 0 unspecified atom stereocenters. The highest BCUT2D eigenvalue weighted by molar-refractivity contribution is 5.91. The van der Waals surface area contributed by atoms with Gasteiger partial charge < -0.3 is 19.8 Å². The summed E-state index contributed by atoms with van der Waals surface area (Å²) in [7, 11) is 0. The van der Waals surface area contributed by atoms with Crippen LogP contribution in [0, 0.1) is 5.82 Å². The molecule has 3 atom stereocenters. The number of ether oxygens (including phenoxy) is 1. The molecule has 3 heterocycles. The average molecular weight is 316 g/mol. The van der Waals surface area contributed by atoms with Gasteiger partial charge in [-0.1, -0.05) is 0 Å². The smallest absolute Gasteiger partial charge is 0.290 e. The largest absolute Gasteiger partial charge is 0.426 e. The summed E-state index contributed by atoms with van der Waals surface area (Å²) in [6.45, 7) is 0. The van der Waals surface area contributed by atoms with Gasteiger partial charge in [0.15, 0.2) is 5.76 Å². The van der Waals surface area contributed by atoms with Crippen molar-refractivity contribution in [1.29, 1.82) is 0 Å². The van der Waals surface area contributed by atoms with Crippen molar-refractivity contribution in [2.24, 2.45) is 0 Å². The maximum absolute atomic E-state index is 12.9. The second kappa shape index (κ2) is 5.70. The molecule has 0 spiro atoms. The summed E-state index contributed by atoms with van der Waals surface area (Å²) in [6.07, 6.45) is 3.26. The van der Waals surface area contributed by atoms with Crippen LogP contribution in [0.25, 0.3) is 0 Å². The molecule has 6 heteroatoms. The van der Waals surface area contributed by atoms with Crippen molar-refractivity contribution in [3.05, 3.63) is 48.0 Å². The van der Waals surface area contributed by atoms with Gasteiger partial charge in [0, 0.05) is 24.2 Å². The van der Waals surface area contributed by atoms with Crippen LogP contribution in [0.2, 0.25) is 0 Å². The van der Waals surface area contributed by atoms with Crippen molar-refractivity contribution < 1.29 is 18.3 Å². The first-order chi connectivity index (χ1) is 11.2. The van der Waals surface area contributed by atoms with Crippen molar-refractivity contribution in [2.75, 3.05) is 0 Å². The van der Waals surface area contributed by atoms with Crippen LogP contribution >= 0.6 is 0 Å². The minimum atomic E-state index is -0.337. The molecular formula is C17H17FN2O3. The molecule has 1 aromatic carbocycles. The molecule has 2 aliphatic rings. The summed E-state index contributed by atoms with van der Waals surface area (Å²) in [5.74, 6) is 0.289. The quantitative estimate of drug-likeness (QED) is 0.910. The Balaban J connectivity index is 1.39. The van der Waals surface area contributed by atoms with E-state index in [2.05, 4.69) is 10.6 Å². The first kappa shape index (κ1) is 14.3. The molecule has 2 fully saturated rings. The van der Waals surface area contributed by atoms with Crippen molar-refractivity contribution in [2.45, 2.75) is 37.4 Å². The molecule has 5 nitrogen and oxygen atoms in total. The zero-order chi connectivity index (χ0) is 15.8. The Morgan fingerprint density at radius 1 is 1.22 bits per heavy atom. The molecule has 2 saturated heterocycles. The van der Waals surface area contributed by atoms with Crippen LogP contribution < -0.4 is 15.4 Å². The van der Waals surface area contributed by atoms with E-state index >= 15 is 0 Å². The molecular weight excluding hydrogens is 299 g/mol.